The van der Waals surface area contributed by atoms with E-state index in [0.717, 1.165) is 5.56 Å². The minimum Gasteiger partial charge on any atom is -0.508 e. The van der Waals surface area contributed by atoms with Crippen LogP contribution in [0.15, 0.2) is 48.6 Å². The van der Waals surface area contributed by atoms with Crippen molar-refractivity contribution in [3.63, 3.8) is 0 Å². The molecule has 0 saturated carbocycles. The number of aliphatic hydroxyl groups is 1. The molecule has 0 fully saturated rings. The van der Waals surface area contributed by atoms with Gasteiger partial charge in [-0.05, 0) is 42.8 Å². The second kappa shape index (κ2) is 9.53. The van der Waals surface area contributed by atoms with Crippen LogP contribution in [0.4, 0.5) is 0 Å². The molecule has 0 atom stereocenters. The van der Waals surface area contributed by atoms with Crippen LogP contribution < -0.4 is 14.2 Å². The van der Waals surface area contributed by atoms with Crippen molar-refractivity contribution in [2.45, 2.75) is 6.92 Å². The first-order valence-corrected chi connectivity index (χ1v) is 8.18. The van der Waals surface area contributed by atoms with Gasteiger partial charge < -0.3 is 24.1 Å². The predicted octanol–water partition coefficient (Wildman–Crippen LogP) is 5.07. The van der Waals surface area contributed by atoms with Crippen molar-refractivity contribution >= 4 is 11.8 Å². The van der Waals surface area contributed by atoms with Gasteiger partial charge >= 0.3 is 0 Å². The molecular formula is C21H24O5. The van der Waals surface area contributed by atoms with Crippen LogP contribution in [0.2, 0.25) is 0 Å². The molecule has 0 aliphatic carbocycles. The number of rotatable bonds is 8. The Hall–Kier alpha value is -2.92. The number of benzene rings is 2. The molecule has 5 heteroatoms. The molecule has 0 aliphatic rings. The molecule has 138 valence electrons. The lowest BCUT2D eigenvalue weighted by Gasteiger charge is -2.15. The van der Waals surface area contributed by atoms with Crippen LogP contribution in [0, 0.1) is 0 Å². The zero-order valence-electron chi connectivity index (χ0n) is 15.5. The summed E-state index contributed by atoms with van der Waals surface area (Å²) in [6.07, 6.45) is 5.51. The van der Waals surface area contributed by atoms with Gasteiger partial charge in [0.2, 0.25) is 5.75 Å². The summed E-state index contributed by atoms with van der Waals surface area (Å²) in [6, 6.07) is 11.0. The van der Waals surface area contributed by atoms with E-state index in [2.05, 4.69) is 0 Å². The molecule has 0 amide bonds. The summed E-state index contributed by atoms with van der Waals surface area (Å²) in [6.45, 7) is 2.32. The molecule has 0 unspecified atom stereocenters. The minimum atomic E-state index is 0.134. The van der Waals surface area contributed by atoms with Gasteiger partial charge in [0.1, 0.15) is 11.5 Å². The third-order valence-corrected chi connectivity index (χ3v) is 3.70. The molecule has 5 nitrogen and oxygen atoms in total. The molecular weight excluding hydrogens is 332 g/mol. The Morgan fingerprint density at radius 1 is 1.00 bits per heavy atom. The van der Waals surface area contributed by atoms with Gasteiger partial charge in [-0.2, -0.15) is 0 Å². The normalized spacial score (nSPS) is 11.6. The van der Waals surface area contributed by atoms with E-state index in [0.29, 0.717) is 35.2 Å². The van der Waals surface area contributed by atoms with Crippen LogP contribution in [-0.2, 0) is 4.74 Å². The SMILES string of the molecule is C/C=C(\O)c1cc(OC)c(OC)c(Oc2ccc(/C=C/COC)cc2)c1. The summed E-state index contributed by atoms with van der Waals surface area (Å²) >= 11 is 0. The fourth-order valence-electron chi connectivity index (χ4n) is 2.37. The molecule has 0 bridgehead atoms. The molecule has 0 radical (unpaired) electrons. The van der Waals surface area contributed by atoms with E-state index >= 15 is 0 Å². The summed E-state index contributed by atoms with van der Waals surface area (Å²) in [5, 5.41) is 10.0. The maximum Gasteiger partial charge on any atom is 0.203 e. The maximum atomic E-state index is 10.0. The van der Waals surface area contributed by atoms with E-state index in [1.54, 1.807) is 46.5 Å². The van der Waals surface area contributed by atoms with Gasteiger partial charge in [-0.15, -0.1) is 0 Å². The Labute approximate surface area is 154 Å². The van der Waals surface area contributed by atoms with E-state index in [4.69, 9.17) is 18.9 Å². The highest BCUT2D eigenvalue weighted by atomic mass is 16.5. The second-order valence-electron chi connectivity index (χ2n) is 5.41. The van der Waals surface area contributed by atoms with Crippen LogP contribution >= 0.6 is 0 Å². The summed E-state index contributed by atoms with van der Waals surface area (Å²) in [7, 11) is 4.74. The Kier molecular flexibility index (Phi) is 7.12. The molecule has 2 rings (SSSR count). The lowest BCUT2D eigenvalue weighted by atomic mass is 10.1. The van der Waals surface area contributed by atoms with E-state index in [1.165, 1.54) is 0 Å². The van der Waals surface area contributed by atoms with E-state index in [9.17, 15) is 5.11 Å². The molecule has 2 aromatic rings. The fraction of sp³-hybridized carbons (Fsp3) is 0.238. The van der Waals surface area contributed by atoms with Crippen LogP contribution in [-0.4, -0.2) is 33.0 Å². The molecule has 2 aromatic carbocycles. The average Bonchev–Trinajstić information content (AvgIpc) is 2.68. The first-order chi connectivity index (χ1) is 12.6. The Morgan fingerprint density at radius 3 is 2.27 bits per heavy atom. The number of hydrogen-bond donors (Lipinski definition) is 1. The van der Waals surface area contributed by atoms with Crippen molar-refractivity contribution in [2.75, 3.05) is 27.9 Å². The molecule has 0 spiro atoms. The van der Waals surface area contributed by atoms with Gasteiger partial charge in [-0.25, -0.2) is 0 Å². The zero-order valence-corrected chi connectivity index (χ0v) is 15.5. The Morgan fingerprint density at radius 2 is 1.69 bits per heavy atom. The van der Waals surface area contributed by atoms with Gasteiger partial charge in [0.05, 0.1) is 20.8 Å². The first-order valence-electron chi connectivity index (χ1n) is 8.18. The topological polar surface area (TPSA) is 57.2 Å². The van der Waals surface area contributed by atoms with E-state index < -0.39 is 0 Å². The van der Waals surface area contributed by atoms with Crippen molar-refractivity contribution in [2.24, 2.45) is 0 Å². The molecule has 1 N–H and O–H groups in total. The number of aliphatic hydroxyl groups excluding tert-OH is 1. The zero-order chi connectivity index (χ0) is 18.9. The largest absolute Gasteiger partial charge is 0.508 e. The summed E-state index contributed by atoms with van der Waals surface area (Å²) in [5.41, 5.74) is 1.62. The summed E-state index contributed by atoms with van der Waals surface area (Å²) in [5.74, 6) is 2.18. The van der Waals surface area contributed by atoms with Crippen molar-refractivity contribution in [1.82, 2.24) is 0 Å². The van der Waals surface area contributed by atoms with Gasteiger partial charge in [0, 0.05) is 12.7 Å². The third kappa shape index (κ3) is 4.80. The summed E-state index contributed by atoms with van der Waals surface area (Å²) in [4.78, 5) is 0. The predicted molar refractivity (Wildman–Crippen MR) is 103 cm³/mol. The lowest BCUT2D eigenvalue weighted by Crippen LogP contribution is -1.97. The van der Waals surface area contributed by atoms with Crippen LogP contribution in [0.5, 0.6) is 23.0 Å². The van der Waals surface area contributed by atoms with Crippen LogP contribution in [0.25, 0.3) is 11.8 Å². The monoisotopic (exact) mass is 356 g/mol. The second-order valence-corrected chi connectivity index (χ2v) is 5.41. The van der Waals surface area contributed by atoms with Crippen molar-refractivity contribution < 1.29 is 24.1 Å². The lowest BCUT2D eigenvalue weighted by molar-refractivity contribution is 0.234. The first kappa shape index (κ1) is 19.4. The molecule has 0 saturated heterocycles. The number of allylic oxidation sites excluding steroid dienone is 1. The number of ether oxygens (including phenoxy) is 4. The van der Waals surface area contributed by atoms with Gasteiger partial charge in [0.25, 0.3) is 0 Å². The van der Waals surface area contributed by atoms with Gasteiger partial charge in [-0.1, -0.05) is 24.3 Å². The minimum absolute atomic E-state index is 0.134. The Balaban J connectivity index is 2.32. The highest BCUT2D eigenvalue weighted by Crippen LogP contribution is 2.41. The van der Waals surface area contributed by atoms with Crippen LogP contribution in [0.1, 0.15) is 18.1 Å². The molecule has 26 heavy (non-hydrogen) atoms. The third-order valence-electron chi connectivity index (χ3n) is 3.70. The molecule has 0 aromatic heterocycles. The van der Waals surface area contributed by atoms with E-state index in [1.807, 2.05) is 36.4 Å². The highest BCUT2D eigenvalue weighted by molar-refractivity contribution is 5.67. The number of hydrogen-bond acceptors (Lipinski definition) is 5. The molecule has 0 heterocycles. The maximum absolute atomic E-state index is 10.0. The van der Waals surface area contributed by atoms with Crippen molar-refractivity contribution in [3.8, 4) is 23.0 Å². The fourth-order valence-corrected chi connectivity index (χ4v) is 2.37. The van der Waals surface area contributed by atoms with E-state index in [-0.39, 0.29) is 5.76 Å². The smallest absolute Gasteiger partial charge is 0.203 e. The standard InChI is InChI=1S/C21H24O5/c1-5-18(22)16-13-19(24-3)21(25-4)20(14-16)26-17-10-8-15(9-11-17)7-6-12-23-2/h5-11,13-14,22H,12H2,1-4H3/b7-6+,18-5-. The highest BCUT2D eigenvalue weighted by Gasteiger charge is 2.16. The molecule has 0 aliphatic heterocycles. The summed E-state index contributed by atoms with van der Waals surface area (Å²) < 4.78 is 21.7. The van der Waals surface area contributed by atoms with Crippen molar-refractivity contribution in [1.29, 1.82) is 0 Å². The van der Waals surface area contributed by atoms with Gasteiger partial charge in [-0.3, -0.25) is 0 Å². The van der Waals surface area contributed by atoms with Crippen LogP contribution in [0.3, 0.4) is 0 Å². The number of methoxy groups -OCH3 is 3. The Bertz CT molecular complexity index is 776. The quantitative estimate of drug-likeness (QED) is 0.669. The van der Waals surface area contributed by atoms with Gasteiger partial charge in [0.15, 0.2) is 11.5 Å². The van der Waals surface area contributed by atoms with Crippen molar-refractivity contribution in [3.05, 3.63) is 59.7 Å². The average molecular weight is 356 g/mol.